The van der Waals surface area contributed by atoms with Crippen LogP contribution < -0.4 is 21.0 Å². The number of nitrogens with zero attached hydrogens (tertiary/aromatic N) is 2. The number of carbonyl (C=O) groups excluding carboxylic acids is 1. The molecule has 1 aliphatic heterocycles. The molecule has 0 spiro atoms. The van der Waals surface area contributed by atoms with Crippen molar-refractivity contribution >= 4 is 23.4 Å². The number of hydrogen-bond acceptors (Lipinski definition) is 6. The van der Waals surface area contributed by atoms with Crippen LogP contribution in [0, 0.1) is 0 Å². The average molecular weight is 261 g/mol. The number of amides is 1. The number of para-hydroxylation sites is 2. The molecular formula is C12H13N4O3-. The topological polar surface area (TPSA) is 89.0 Å². The molecule has 7 nitrogen and oxygen atoms in total. The van der Waals surface area contributed by atoms with Crippen LogP contribution in [0.15, 0.2) is 41.1 Å². The number of benzene rings is 1. The van der Waals surface area contributed by atoms with E-state index in [1.807, 2.05) is 6.92 Å². The first-order valence-corrected chi connectivity index (χ1v) is 5.55. The summed E-state index contributed by atoms with van der Waals surface area (Å²) in [4.78, 5) is 10.7. The molecule has 0 bridgehead atoms. The Morgan fingerprint density at radius 3 is 2.89 bits per heavy atom. The monoisotopic (exact) mass is 261 g/mol. The molecule has 0 aromatic heterocycles. The molecule has 2 N–H and O–H groups in total. The quantitative estimate of drug-likeness (QED) is 0.815. The molecule has 19 heavy (non-hydrogen) atoms. The van der Waals surface area contributed by atoms with Gasteiger partial charge < -0.3 is 20.0 Å². The maximum atomic E-state index is 10.7. The molecule has 1 aliphatic rings. The Morgan fingerprint density at radius 2 is 2.21 bits per heavy atom. The fraction of sp³-hybridized carbons (Fsp3) is 0.167. The standard InChI is InChI=1S/C12H14N4O3/c1-8-7-11(19-2)15-16(14-8)10-6-4-3-5-9(10)13-12(17)18/h3-7,13-14H,1-2H3,(H,17,18)/p-1. The van der Waals surface area contributed by atoms with Gasteiger partial charge in [-0.25, -0.2) is 0 Å². The molecule has 1 amide bonds. The van der Waals surface area contributed by atoms with Crippen LogP contribution in [-0.4, -0.2) is 19.1 Å². The SMILES string of the molecule is COC1=NN(c2ccccc2NC(=O)[O-])NC(C)=C1. The van der Waals surface area contributed by atoms with Gasteiger partial charge in [-0.2, -0.15) is 5.12 Å². The van der Waals surface area contributed by atoms with Gasteiger partial charge in [0, 0.05) is 11.8 Å². The molecule has 0 fully saturated rings. The molecule has 0 unspecified atom stereocenters. The Labute approximate surface area is 110 Å². The highest BCUT2D eigenvalue weighted by atomic mass is 16.5. The molecule has 0 saturated carbocycles. The molecule has 7 heteroatoms. The van der Waals surface area contributed by atoms with Crippen molar-refractivity contribution in [2.75, 3.05) is 17.5 Å². The minimum atomic E-state index is -1.38. The van der Waals surface area contributed by atoms with E-state index in [1.165, 1.54) is 12.2 Å². The summed E-state index contributed by atoms with van der Waals surface area (Å²) in [7, 11) is 1.51. The van der Waals surface area contributed by atoms with E-state index in [0.29, 0.717) is 17.3 Å². The number of rotatable bonds is 2. The zero-order chi connectivity index (χ0) is 13.8. The molecule has 100 valence electrons. The molecule has 0 saturated heterocycles. The van der Waals surface area contributed by atoms with Crippen molar-refractivity contribution in [3.63, 3.8) is 0 Å². The van der Waals surface area contributed by atoms with Crippen LogP contribution in [0.4, 0.5) is 16.2 Å². The number of allylic oxidation sites excluding steroid dienone is 1. The number of methoxy groups -OCH3 is 1. The van der Waals surface area contributed by atoms with Crippen molar-refractivity contribution < 1.29 is 14.6 Å². The third kappa shape index (κ3) is 2.95. The fourth-order valence-corrected chi connectivity index (χ4v) is 1.62. The minimum Gasteiger partial charge on any atom is -0.530 e. The van der Waals surface area contributed by atoms with Crippen LogP contribution in [0.1, 0.15) is 6.92 Å². The van der Waals surface area contributed by atoms with E-state index >= 15 is 0 Å². The lowest BCUT2D eigenvalue weighted by Crippen LogP contribution is -2.38. The minimum absolute atomic E-state index is 0.365. The van der Waals surface area contributed by atoms with Crippen molar-refractivity contribution in [3.05, 3.63) is 36.0 Å². The van der Waals surface area contributed by atoms with Crippen LogP contribution in [0.25, 0.3) is 0 Å². The van der Waals surface area contributed by atoms with Crippen LogP contribution in [0.5, 0.6) is 0 Å². The second-order valence-corrected chi connectivity index (χ2v) is 3.82. The molecule has 2 rings (SSSR count). The van der Waals surface area contributed by atoms with Crippen LogP contribution in [-0.2, 0) is 4.74 Å². The molecule has 0 aliphatic carbocycles. The van der Waals surface area contributed by atoms with Crippen LogP contribution in [0.2, 0.25) is 0 Å². The first kappa shape index (κ1) is 12.7. The second-order valence-electron chi connectivity index (χ2n) is 3.82. The first-order valence-electron chi connectivity index (χ1n) is 5.55. The smallest absolute Gasteiger partial charge is 0.234 e. The fourth-order valence-electron chi connectivity index (χ4n) is 1.62. The Morgan fingerprint density at radius 1 is 1.47 bits per heavy atom. The highest BCUT2D eigenvalue weighted by molar-refractivity contribution is 5.91. The molecule has 0 atom stereocenters. The van der Waals surface area contributed by atoms with Crippen LogP contribution >= 0.6 is 0 Å². The van der Waals surface area contributed by atoms with Crippen molar-refractivity contribution in [1.29, 1.82) is 0 Å². The Kier molecular flexibility index (Phi) is 3.56. The normalized spacial score (nSPS) is 14.1. The van der Waals surface area contributed by atoms with Gasteiger partial charge in [0.15, 0.2) is 0 Å². The van der Waals surface area contributed by atoms with Gasteiger partial charge in [0.05, 0.1) is 12.8 Å². The number of anilines is 2. The van der Waals surface area contributed by atoms with E-state index < -0.39 is 6.09 Å². The first-order chi connectivity index (χ1) is 9.10. The van der Waals surface area contributed by atoms with Crippen LogP contribution in [0.3, 0.4) is 0 Å². The number of hydrazine groups is 1. The molecular weight excluding hydrogens is 248 g/mol. The summed E-state index contributed by atoms with van der Waals surface area (Å²) in [5.41, 5.74) is 4.70. The van der Waals surface area contributed by atoms with Gasteiger partial charge in [-0.1, -0.05) is 12.1 Å². The number of hydrogen-bond donors (Lipinski definition) is 2. The lowest BCUT2D eigenvalue weighted by molar-refractivity contribution is -0.242. The summed E-state index contributed by atoms with van der Waals surface area (Å²) in [6, 6.07) is 6.81. The largest absolute Gasteiger partial charge is 0.530 e. The average Bonchev–Trinajstić information content (AvgIpc) is 2.38. The van der Waals surface area contributed by atoms with E-state index in [1.54, 1.807) is 30.3 Å². The molecule has 1 heterocycles. The zero-order valence-electron chi connectivity index (χ0n) is 10.5. The van der Waals surface area contributed by atoms with Gasteiger partial charge in [0.25, 0.3) is 0 Å². The van der Waals surface area contributed by atoms with E-state index in [2.05, 4.69) is 15.8 Å². The van der Waals surface area contributed by atoms with Gasteiger partial charge in [0.2, 0.25) is 5.90 Å². The number of hydrazone groups is 1. The zero-order valence-corrected chi connectivity index (χ0v) is 10.5. The van der Waals surface area contributed by atoms with E-state index in [-0.39, 0.29) is 0 Å². The van der Waals surface area contributed by atoms with Gasteiger partial charge >= 0.3 is 0 Å². The number of carboxylic acid groups (broad SMARTS) is 1. The Balaban J connectivity index is 2.34. The van der Waals surface area contributed by atoms with Gasteiger partial charge in [-0.15, -0.1) is 5.10 Å². The Hall–Kier alpha value is -2.70. The highest BCUT2D eigenvalue weighted by Gasteiger charge is 2.15. The summed E-state index contributed by atoms with van der Waals surface area (Å²) >= 11 is 0. The van der Waals surface area contributed by atoms with Gasteiger partial charge in [-0.3, -0.25) is 5.43 Å². The van der Waals surface area contributed by atoms with E-state index in [4.69, 9.17) is 4.74 Å². The van der Waals surface area contributed by atoms with Gasteiger partial charge in [-0.05, 0) is 19.1 Å². The summed E-state index contributed by atoms with van der Waals surface area (Å²) in [6.45, 7) is 1.84. The lowest BCUT2D eigenvalue weighted by atomic mass is 10.2. The Bertz CT molecular complexity index is 554. The molecule has 1 aromatic carbocycles. The highest BCUT2D eigenvalue weighted by Crippen LogP contribution is 2.26. The maximum absolute atomic E-state index is 10.7. The van der Waals surface area contributed by atoms with Crippen molar-refractivity contribution in [2.24, 2.45) is 5.10 Å². The van der Waals surface area contributed by atoms with Gasteiger partial charge in [0.1, 0.15) is 11.8 Å². The van der Waals surface area contributed by atoms with E-state index in [9.17, 15) is 9.90 Å². The summed E-state index contributed by atoms with van der Waals surface area (Å²) in [5.74, 6) is 0.416. The van der Waals surface area contributed by atoms with Crippen molar-refractivity contribution in [1.82, 2.24) is 5.43 Å². The van der Waals surface area contributed by atoms with Crippen molar-refractivity contribution in [2.45, 2.75) is 6.92 Å². The maximum Gasteiger partial charge on any atom is 0.234 e. The number of nitrogens with one attached hydrogen (secondary N) is 2. The molecule has 0 radical (unpaired) electrons. The second kappa shape index (κ2) is 5.30. The third-order valence-corrected chi connectivity index (χ3v) is 2.40. The summed E-state index contributed by atoms with van der Waals surface area (Å²) in [5, 5.41) is 18.5. The summed E-state index contributed by atoms with van der Waals surface area (Å²) in [6.07, 6.45) is 0.346. The van der Waals surface area contributed by atoms with Crippen molar-refractivity contribution in [3.8, 4) is 0 Å². The number of ether oxygens (including phenoxy) is 1. The number of carbonyl (C=O) groups is 1. The predicted octanol–water partition coefficient (Wildman–Crippen LogP) is 0.630. The third-order valence-electron chi connectivity index (χ3n) is 2.40. The lowest BCUT2D eigenvalue weighted by Gasteiger charge is -2.27. The predicted molar refractivity (Wildman–Crippen MR) is 69.3 cm³/mol. The summed E-state index contributed by atoms with van der Waals surface area (Å²) < 4.78 is 5.08. The van der Waals surface area contributed by atoms with E-state index in [0.717, 1.165) is 5.70 Å². The molecule has 1 aromatic rings.